The molecule has 0 unspecified atom stereocenters. The van der Waals surface area contributed by atoms with Gasteiger partial charge in [0.1, 0.15) is 11.5 Å². The van der Waals surface area contributed by atoms with E-state index in [4.69, 9.17) is 9.47 Å². The molecule has 1 aromatic rings. The number of benzene rings is 1. The van der Waals surface area contributed by atoms with Crippen LogP contribution < -0.4 is 4.74 Å². The number of rotatable bonds is 5. The molecule has 1 rings (SSSR count). The summed E-state index contributed by atoms with van der Waals surface area (Å²) in [6.45, 7) is 6.15. The molecule has 0 atom stereocenters. The van der Waals surface area contributed by atoms with Crippen molar-refractivity contribution in [3.05, 3.63) is 35.9 Å². The first-order valence-corrected chi connectivity index (χ1v) is 4.68. The van der Waals surface area contributed by atoms with Crippen molar-refractivity contribution in [3.63, 3.8) is 0 Å². The summed E-state index contributed by atoms with van der Waals surface area (Å²) < 4.78 is 10.3. The molecular weight excluding hydrogens is 192 g/mol. The van der Waals surface area contributed by atoms with E-state index in [1.54, 1.807) is 25.3 Å². The highest BCUT2D eigenvalue weighted by Gasteiger charge is 2.07. The average Bonchev–Trinajstić information content (AvgIpc) is 2.28. The number of methoxy groups -OCH3 is 1. The van der Waals surface area contributed by atoms with Gasteiger partial charge in [-0.3, -0.25) is 4.79 Å². The van der Waals surface area contributed by atoms with Crippen LogP contribution in [0, 0.1) is 0 Å². The fourth-order valence-electron chi connectivity index (χ4n) is 1.26. The van der Waals surface area contributed by atoms with Crippen molar-refractivity contribution in [1.82, 2.24) is 0 Å². The largest absolute Gasteiger partial charge is 0.497 e. The molecule has 0 saturated heterocycles. The molecule has 0 amide bonds. The van der Waals surface area contributed by atoms with Gasteiger partial charge in [-0.25, -0.2) is 0 Å². The minimum Gasteiger partial charge on any atom is -0.497 e. The third kappa shape index (κ3) is 2.59. The highest BCUT2D eigenvalue weighted by atomic mass is 16.5. The maximum atomic E-state index is 10.8. The molecule has 1 aromatic carbocycles. The Hall–Kier alpha value is -1.77. The van der Waals surface area contributed by atoms with E-state index >= 15 is 0 Å². The zero-order valence-electron chi connectivity index (χ0n) is 8.95. The zero-order chi connectivity index (χ0) is 11.3. The number of aldehydes is 1. The van der Waals surface area contributed by atoms with Crippen molar-refractivity contribution in [2.75, 3.05) is 13.7 Å². The third-order valence-corrected chi connectivity index (χ3v) is 2.01. The predicted octanol–water partition coefficient (Wildman–Crippen LogP) is 2.51. The zero-order valence-corrected chi connectivity index (χ0v) is 8.95. The fourth-order valence-corrected chi connectivity index (χ4v) is 1.26. The molecule has 0 aliphatic carbocycles. The van der Waals surface area contributed by atoms with Crippen LogP contribution >= 0.6 is 0 Å². The van der Waals surface area contributed by atoms with E-state index in [2.05, 4.69) is 6.58 Å². The molecule has 0 radical (unpaired) electrons. The minimum absolute atomic E-state index is 0.485. The van der Waals surface area contributed by atoms with E-state index in [1.807, 2.05) is 6.92 Å². The van der Waals surface area contributed by atoms with E-state index < -0.39 is 0 Å². The van der Waals surface area contributed by atoms with Crippen molar-refractivity contribution in [3.8, 4) is 5.75 Å². The van der Waals surface area contributed by atoms with Gasteiger partial charge in [-0.1, -0.05) is 6.58 Å². The summed E-state index contributed by atoms with van der Waals surface area (Å²) in [5.41, 5.74) is 1.22. The second kappa shape index (κ2) is 5.20. The van der Waals surface area contributed by atoms with Crippen LogP contribution in [0.1, 0.15) is 22.8 Å². The minimum atomic E-state index is 0.485. The van der Waals surface area contributed by atoms with Crippen molar-refractivity contribution >= 4 is 12.0 Å². The van der Waals surface area contributed by atoms with Crippen LogP contribution in [0.25, 0.3) is 5.76 Å². The number of ether oxygens (including phenoxy) is 2. The Morgan fingerprint density at radius 2 is 2.27 bits per heavy atom. The van der Waals surface area contributed by atoms with Gasteiger partial charge in [0.25, 0.3) is 0 Å². The first kappa shape index (κ1) is 11.3. The van der Waals surface area contributed by atoms with Crippen LogP contribution in [-0.2, 0) is 4.74 Å². The molecule has 0 aromatic heterocycles. The Labute approximate surface area is 89.3 Å². The van der Waals surface area contributed by atoms with Gasteiger partial charge in [0.05, 0.1) is 13.7 Å². The molecule has 3 nitrogen and oxygen atoms in total. The molecule has 3 heteroatoms. The number of carbonyl (C=O) groups is 1. The molecule has 0 spiro atoms. The lowest BCUT2D eigenvalue weighted by Gasteiger charge is -2.10. The van der Waals surface area contributed by atoms with Crippen LogP contribution in [0.5, 0.6) is 5.75 Å². The lowest BCUT2D eigenvalue weighted by Crippen LogP contribution is -1.96. The van der Waals surface area contributed by atoms with Crippen LogP contribution in [0.15, 0.2) is 24.8 Å². The summed E-state index contributed by atoms with van der Waals surface area (Å²) >= 11 is 0. The molecule has 0 fully saturated rings. The quantitative estimate of drug-likeness (QED) is 0.548. The maximum Gasteiger partial charge on any atom is 0.150 e. The summed E-state index contributed by atoms with van der Waals surface area (Å²) in [6, 6.07) is 5.15. The molecular formula is C12H14O3. The first-order valence-electron chi connectivity index (χ1n) is 4.68. The summed E-state index contributed by atoms with van der Waals surface area (Å²) in [6.07, 6.45) is 0.777. The first-order chi connectivity index (χ1) is 7.22. The van der Waals surface area contributed by atoms with Gasteiger partial charge in [0.15, 0.2) is 6.29 Å². The number of hydrogen-bond donors (Lipinski definition) is 0. The topological polar surface area (TPSA) is 35.5 Å². The van der Waals surface area contributed by atoms with Crippen LogP contribution in [-0.4, -0.2) is 20.0 Å². The second-order valence-electron chi connectivity index (χ2n) is 2.93. The summed E-state index contributed by atoms with van der Waals surface area (Å²) in [5.74, 6) is 1.16. The fraction of sp³-hybridized carbons (Fsp3) is 0.250. The molecule has 0 saturated carbocycles. The van der Waals surface area contributed by atoms with Crippen molar-refractivity contribution in [2.24, 2.45) is 0 Å². The van der Waals surface area contributed by atoms with Gasteiger partial charge in [-0.05, 0) is 25.1 Å². The molecule has 0 aliphatic heterocycles. The lowest BCUT2D eigenvalue weighted by molar-refractivity contribution is 0.112. The van der Waals surface area contributed by atoms with Crippen LogP contribution in [0.3, 0.4) is 0 Å². The molecule has 15 heavy (non-hydrogen) atoms. The Morgan fingerprint density at radius 3 is 2.80 bits per heavy atom. The summed E-state index contributed by atoms with van der Waals surface area (Å²) in [7, 11) is 1.57. The van der Waals surface area contributed by atoms with E-state index in [-0.39, 0.29) is 0 Å². The van der Waals surface area contributed by atoms with Crippen molar-refractivity contribution in [1.29, 1.82) is 0 Å². The Kier molecular flexibility index (Phi) is 3.92. The van der Waals surface area contributed by atoms with Gasteiger partial charge in [0.2, 0.25) is 0 Å². The molecule has 0 heterocycles. The second-order valence-corrected chi connectivity index (χ2v) is 2.93. The third-order valence-electron chi connectivity index (χ3n) is 2.01. The van der Waals surface area contributed by atoms with Gasteiger partial charge in [-0.15, -0.1) is 0 Å². The maximum absolute atomic E-state index is 10.8. The molecule has 0 aliphatic rings. The SMILES string of the molecule is C=C(OCC)c1cc(OC)ccc1C=O. The monoisotopic (exact) mass is 206 g/mol. The van der Waals surface area contributed by atoms with Crippen molar-refractivity contribution in [2.45, 2.75) is 6.92 Å². The lowest BCUT2D eigenvalue weighted by atomic mass is 10.1. The highest BCUT2D eigenvalue weighted by Crippen LogP contribution is 2.23. The van der Waals surface area contributed by atoms with Crippen molar-refractivity contribution < 1.29 is 14.3 Å². The van der Waals surface area contributed by atoms with E-state index in [1.165, 1.54) is 0 Å². The van der Waals surface area contributed by atoms with Gasteiger partial charge >= 0.3 is 0 Å². The van der Waals surface area contributed by atoms with E-state index in [0.29, 0.717) is 29.2 Å². The summed E-state index contributed by atoms with van der Waals surface area (Å²) in [4.78, 5) is 10.8. The normalized spacial score (nSPS) is 9.47. The highest BCUT2D eigenvalue weighted by molar-refractivity contribution is 5.84. The Bertz CT molecular complexity index is 369. The number of hydrogen-bond acceptors (Lipinski definition) is 3. The average molecular weight is 206 g/mol. The Balaban J connectivity index is 3.11. The van der Waals surface area contributed by atoms with E-state index in [9.17, 15) is 4.79 Å². The van der Waals surface area contributed by atoms with Gasteiger partial charge < -0.3 is 9.47 Å². The van der Waals surface area contributed by atoms with Gasteiger partial charge in [0, 0.05) is 11.1 Å². The smallest absolute Gasteiger partial charge is 0.150 e. The van der Waals surface area contributed by atoms with Crippen LogP contribution in [0.2, 0.25) is 0 Å². The molecule has 0 N–H and O–H groups in total. The molecule has 0 bridgehead atoms. The van der Waals surface area contributed by atoms with Crippen LogP contribution in [0.4, 0.5) is 0 Å². The Morgan fingerprint density at radius 1 is 1.53 bits per heavy atom. The standard InChI is InChI=1S/C12H14O3/c1-4-15-9(2)12-7-11(14-3)6-5-10(12)8-13/h5-8H,2,4H2,1,3H3. The summed E-state index contributed by atoms with van der Waals surface area (Å²) in [5, 5.41) is 0. The predicted molar refractivity (Wildman–Crippen MR) is 59.0 cm³/mol. The number of carbonyl (C=O) groups excluding carboxylic acids is 1. The molecule has 80 valence electrons. The van der Waals surface area contributed by atoms with Gasteiger partial charge in [-0.2, -0.15) is 0 Å². The van der Waals surface area contributed by atoms with E-state index in [0.717, 1.165) is 6.29 Å².